The van der Waals surface area contributed by atoms with Crippen LogP contribution < -0.4 is 0 Å². The zero-order valence-electron chi connectivity index (χ0n) is 9.41. The van der Waals surface area contributed by atoms with Crippen molar-refractivity contribution in [3.8, 4) is 0 Å². The summed E-state index contributed by atoms with van der Waals surface area (Å²) in [6.07, 6.45) is 1.16. The Morgan fingerprint density at radius 2 is 2.14 bits per heavy atom. The summed E-state index contributed by atoms with van der Waals surface area (Å²) in [5.41, 5.74) is -0.0710. The van der Waals surface area contributed by atoms with Gasteiger partial charge in [0.05, 0.1) is 24.7 Å². The maximum absolute atomic E-state index is 12.0. The van der Waals surface area contributed by atoms with Gasteiger partial charge in [-0.15, -0.1) is 0 Å². The van der Waals surface area contributed by atoms with Gasteiger partial charge in [0.15, 0.2) is 0 Å². The van der Waals surface area contributed by atoms with Crippen molar-refractivity contribution in [3.63, 3.8) is 0 Å². The van der Waals surface area contributed by atoms with Crippen molar-refractivity contribution < 1.29 is 9.53 Å². The lowest BCUT2D eigenvalue weighted by molar-refractivity contribution is -0.145. The van der Waals surface area contributed by atoms with Crippen LogP contribution in [-0.2, 0) is 9.53 Å². The SMILES string of the molecule is CCC1C2OCC2C(=O)N1C(C)(C)C. The van der Waals surface area contributed by atoms with Crippen LogP contribution >= 0.6 is 0 Å². The molecule has 0 aromatic carbocycles. The van der Waals surface area contributed by atoms with Crippen LogP contribution in [0.2, 0.25) is 0 Å². The molecule has 0 aromatic rings. The van der Waals surface area contributed by atoms with Crippen LogP contribution in [0.25, 0.3) is 0 Å². The molecule has 2 rings (SSSR count). The number of amides is 1. The molecule has 3 atom stereocenters. The Hall–Kier alpha value is -0.570. The summed E-state index contributed by atoms with van der Waals surface area (Å²) in [7, 11) is 0. The highest BCUT2D eigenvalue weighted by Gasteiger charge is 2.56. The van der Waals surface area contributed by atoms with Gasteiger partial charge in [-0.3, -0.25) is 4.79 Å². The molecule has 2 aliphatic heterocycles. The summed E-state index contributed by atoms with van der Waals surface area (Å²) >= 11 is 0. The van der Waals surface area contributed by atoms with Crippen LogP contribution in [0.1, 0.15) is 34.1 Å². The van der Waals surface area contributed by atoms with Crippen LogP contribution in [0, 0.1) is 5.92 Å². The maximum atomic E-state index is 12.0. The molecule has 3 nitrogen and oxygen atoms in total. The van der Waals surface area contributed by atoms with Crippen LogP contribution in [0.15, 0.2) is 0 Å². The Morgan fingerprint density at radius 1 is 1.50 bits per heavy atom. The van der Waals surface area contributed by atoms with Crippen molar-refractivity contribution in [1.82, 2.24) is 4.90 Å². The van der Waals surface area contributed by atoms with Crippen molar-refractivity contribution in [3.05, 3.63) is 0 Å². The first-order chi connectivity index (χ1) is 6.46. The number of rotatable bonds is 1. The van der Waals surface area contributed by atoms with Crippen molar-refractivity contribution in [1.29, 1.82) is 0 Å². The van der Waals surface area contributed by atoms with Crippen LogP contribution in [0.5, 0.6) is 0 Å². The van der Waals surface area contributed by atoms with E-state index >= 15 is 0 Å². The first-order valence-electron chi connectivity index (χ1n) is 5.41. The molecule has 2 saturated heterocycles. The first kappa shape index (κ1) is 9.97. The minimum atomic E-state index is -0.0710. The fourth-order valence-corrected chi connectivity index (χ4v) is 2.63. The number of hydrogen-bond donors (Lipinski definition) is 0. The predicted molar refractivity (Wildman–Crippen MR) is 53.9 cm³/mol. The molecule has 2 heterocycles. The first-order valence-corrected chi connectivity index (χ1v) is 5.41. The predicted octanol–water partition coefficient (Wildman–Crippen LogP) is 1.42. The molecule has 80 valence electrons. The monoisotopic (exact) mass is 197 g/mol. The Morgan fingerprint density at radius 3 is 2.50 bits per heavy atom. The minimum Gasteiger partial charge on any atom is -0.374 e. The molecule has 0 bridgehead atoms. The molecule has 0 saturated carbocycles. The Labute approximate surface area is 85.4 Å². The van der Waals surface area contributed by atoms with E-state index in [1.807, 2.05) is 4.90 Å². The average molecular weight is 197 g/mol. The average Bonchev–Trinajstić information content (AvgIpc) is 2.15. The van der Waals surface area contributed by atoms with Gasteiger partial charge in [0, 0.05) is 5.54 Å². The van der Waals surface area contributed by atoms with Crippen LogP contribution in [0.3, 0.4) is 0 Å². The third-order valence-corrected chi connectivity index (χ3v) is 3.27. The molecular weight excluding hydrogens is 178 g/mol. The summed E-state index contributed by atoms with van der Waals surface area (Å²) in [5, 5.41) is 0. The van der Waals surface area contributed by atoms with Gasteiger partial charge >= 0.3 is 0 Å². The van der Waals surface area contributed by atoms with Gasteiger partial charge in [0.25, 0.3) is 0 Å². The molecule has 0 N–H and O–H groups in total. The van der Waals surface area contributed by atoms with E-state index in [0.717, 1.165) is 6.42 Å². The topological polar surface area (TPSA) is 29.5 Å². The minimum absolute atomic E-state index is 0.0710. The largest absolute Gasteiger partial charge is 0.374 e. The van der Waals surface area contributed by atoms with E-state index in [2.05, 4.69) is 27.7 Å². The second-order valence-electron chi connectivity index (χ2n) is 5.26. The molecule has 14 heavy (non-hydrogen) atoms. The van der Waals surface area contributed by atoms with E-state index < -0.39 is 0 Å². The number of nitrogens with zero attached hydrogens (tertiary/aromatic N) is 1. The fourth-order valence-electron chi connectivity index (χ4n) is 2.63. The number of likely N-dealkylation sites (tertiary alicyclic amines) is 1. The zero-order chi connectivity index (χ0) is 10.5. The van der Waals surface area contributed by atoms with E-state index in [0.29, 0.717) is 18.6 Å². The highest BCUT2D eigenvalue weighted by atomic mass is 16.5. The van der Waals surface area contributed by atoms with E-state index in [1.54, 1.807) is 0 Å². The summed E-state index contributed by atoms with van der Waals surface area (Å²) in [4.78, 5) is 14.1. The third-order valence-electron chi connectivity index (χ3n) is 3.27. The van der Waals surface area contributed by atoms with Gasteiger partial charge in [0.2, 0.25) is 5.91 Å². The number of carbonyl (C=O) groups excluding carboxylic acids is 1. The number of hydrogen-bond acceptors (Lipinski definition) is 2. The summed E-state index contributed by atoms with van der Waals surface area (Å²) < 4.78 is 5.49. The molecular formula is C11H19NO2. The van der Waals surface area contributed by atoms with Gasteiger partial charge in [-0.2, -0.15) is 0 Å². The summed E-state index contributed by atoms with van der Waals surface area (Å²) in [6, 6.07) is 0.293. The quantitative estimate of drug-likeness (QED) is 0.636. The normalized spacial score (nSPS) is 37.0. The second-order valence-corrected chi connectivity index (χ2v) is 5.26. The van der Waals surface area contributed by atoms with Gasteiger partial charge in [-0.1, -0.05) is 6.92 Å². The smallest absolute Gasteiger partial charge is 0.231 e. The van der Waals surface area contributed by atoms with Crippen molar-refractivity contribution in [2.24, 2.45) is 5.92 Å². The van der Waals surface area contributed by atoms with E-state index in [-0.39, 0.29) is 17.6 Å². The van der Waals surface area contributed by atoms with Gasteiger partial charge in [-0.05, 0) is 27.2 Å². The van der Waals surface area contributed by atoms with Crippen molar-refractivity contribution in [2.75, 3.05) is 6.61 Å². The second kappa shape index (κ2) is 2.96. The molecule has 2 aliphatic rings. The van der Waals surface area contributed by atoms with Crippen LogP contribution in [-0.4, -0.2) is 35.1 Å². The zero-order valence-corrected chi connectivity index (χ0v) is 9.41. The molecule has 0 aliphatic carbocycles. The van der Waals surface area contributed by atoms with Gasteiger partial charge < -0.3 is 9.64 Å². The van der Waals surface area contributed by atoms with E-state index in [4.69, 9.17) is 4.74 Å². The molecule has 3 heteroatoms. The number of carbonyl (C=O) groups is 1. The summed E-state index contributed by atoms with van der Waals surface area (Å²) in [5.74, 6) is 0.444. The molecule has 0 aromatic heterocycles. The lowest BCUT2D eigenvalue weighted by Crippen LogP contribution is -2.49. The molecule has 0 radical (unpaired) electrons. The molecule has 0 spiro atoms. The Bertz CT molecular complexity index is 257. The molecule has 3 unspecified atom stereocenters. The number of ether oxygens (including phenoxy) is 1. The Balaban J connectivity index is 2.26. The molecule has 1 amide bonds. The van der Waals surface area contributed by atoms with Crippen LogP contribution in [0.4, 0.5) is 0 Å². The lowest BCUT2D eigenvalue weighted by atomic mass is 9.95. The summed E-state index contributed by atoms with van der Waals surface area (Å²) in [6.45, 7) is 9.04. The van der Waals surface area contributed by atoms with E-state index in [1.165, 1.54) is 0 Å². The maximum Gasteiger partial charge on any atom is 0.231 e. The third kappa shape index (κ3) is 1.18. The highest BCUT2D eigenvalue weighted by Crippen LogP contribution is 2.40. The lowest BCUT2D eigenvalue weighted by Gasteiger charge is -2.38. The standard InChI is InChI=1S/C11H19NO2/c1-5-8-9-7(6-14-9)10(13)12(8)11(2,3)4/h7-9H,5-6H2,1-4H3. The van der Waals surface area contributed by atoms with Crippen molar-refractivity contribution >= 4 is 5.91 Å². The molecule has 2 fully saturated rings. The highest BCUT2D eigenvalue weighted by molar-refractivity contribution is 5.84. The fraction of sp³-hybridized carbons (Fsp3) is 0.909. The number of fused-ring (bicyclic) bond motifs is 1. The van der Waals surface area contributed by atoms with Crippen molar-refractivity contribution in [2.45, 2.75) is 51.8 Å². The van der Waals surface area contributed by atoms with Gasteiger partial charge in [-0.25, -0.2) is 0 Å². The van der Waals surface area contributed by atoms with Gasteiger partial charge in [0.1, 0.15) is 0 Å². The van der Waals surface area contributed by atoms with E-state index in [9.17, 15) is 4.79 Å². The Kier molecular flexibility index (Phi) is 2.11.